The molecule has 3 aromatic rings. The lowest BCUT2D eigenvalue weighted by atomic mass is 9.92. The van der Waals surface area contributed by atoms with E-state index in [-0.39, 0.29) is 12.6 Å². The van der Waals surface area contributed by atoms with Crippen LogP contribution in [0.3, 0.4) is 0 Å². The van der Waals surface area contributed by atoms with Gasteiger partial charge >= 0.3 is 0 Å². The summed E-state index contributed by atoms with van der Waals surface area (Å²) in [5.74, 6) is 1.46. The Hall–Kier alpha value is -2.34. The number of amidine groups is 1. The molecule has 1 N–H and O–H groups in total. The molecule has 0 aromatic heterocycles. The fourth-order valence-corrected chi connectivity index (χ4v) is 4.46. The third-order valence-corrected chi connectivity index (χ3v) is 5.97. The summed E-state index contributed by atoms with van der Waals surface area (Å²) in [6.07, 6.45) is 0.635. The van der Waals surface area contributed by atoms with Crippen molar-refractivity contribution >= 4 is 39.1 Å². The van der Waals surface area contributed by atoms with Gasteiger partial charge in [-0.1, -0.05) is 57.9 Å². The second kappa shape index (κ2) is 9.21. The first kappa shape index (κ1) is 20.9. The molecule has 4 rings (SSSR count). The second-order valence-electron chi connectivity index (χ2n) is 7.07. The minimum atomic E-state index is -0.0290. The van der Waals surface area contributed by atoms with Crippen molar-refractivity contribution in [3.05, 3.63) is 92.9 Å². The number of aliphatic imine (C=N–C) groups is 1. The fraction of sp³-hybridized carbons (Fsp3) is 0.208. The van der Waals surface area contributed by atoms with E-state index in [1.807, 2.05) is 48.5 Å². The van der Waals surface area contributed by atoms with Crippen molar-refractivity contribution in [2.75, 3.05) is 20.3 Å². The standard InChI is InChI=1S/C24H22BrClN2O2/c1-30-22-11-8-17(14-20(22)26)24-27-21-10-9-18(25)15-19(21)23(28(24)12-5-13-29)16-6-3-2-4-7-16/h2-4,6-11,14-15,23,29H,5,12-13H2,1H3. The van der Waals surface area contributed by atoms with Crippen LogP contribution in [-0.4, -0.2) is 36.1 Å². The van der Waals surface area contributed by atoms with Crippen LogP contribution in [0.5, 0.6) is 5.75 Å². The summed E-state index contributed by atoms with van der Waals surface area (Å²) in [6, 6.07) is 22.2. The molecule has 0 aliphatic carbocycles. The molecule has 0 saturated heterocycles. The highest BCUT2D eigenvalue weighted by atomic mass is 79.9. The summed E-state index contributed by atoms with van der Waals surface area (Å²) in [5.41, 5.74) is 4.13. The molecular weight excluding hydrogens is 464 g/mol. The molecule has 6 heteroatoms. The van der Waals surface area contributed by atoms with E-state index in [4.69, 9.17) is 21.3 Å². The second-order valence-corrected chi connectivity index (χ2v) is 8.39. The highest BCUT2D eigenvalue weighted by molar-refractivity contribution is 9.10. The van der Waals surface area contributed by atoms with Crippen molar-refractivity contribution in [1.29, 1.82) is 0 Å². The first-order valence-corrected chi connectivity index (χ1v) is 10.9. The number of fused-ring (bicyclic) bond motifs is 1. The number of rotatable bonds is 6. The van der Waals surface area contributed by atoms with Gasteiger partial charge in [-0.05, 0) is 48.4 Å². The van der Waals surface area contributed by atoms with Gasteiger partial charge in [0.2, 0.25) is 0 Å². The maximum atomic E-state index is 9.55. The van der Waals surface area contributed by atoms with Crippen LogP contribution in [0.25, 0.3) is 0 Å². The van der Waals surface area contributed by atoms with Crippen molar-refractivity contribution in [2.45, 2.75) is 12.5 Å². The van der Waals surface area contributed by atoms with Gasteiger partial charge in [-0.3, -0.25) is 0 Å². The molecule has 30 heavy (non-hydrogen) atoms. The van der Waals surface area contributed by atoms with E-state index in [0.717, 1.165) is 27.1 Å². The van der Waals surface area contributed by atoms with Crippen LogP contribution < -0.4 is 4.74 Å². The smallest absolute Gasteiger partial charge is 0.137 e. The molecule has 0 amide bonds. The Morgan fingerprint density at radius 3 is 2.60 bits per heavy atom. The molecular formula is C24H22BrClN2O2. The molecule has 3 aromatic carbocycles. The zero-order chi connectivity index (χ0) is 21.1. The van der Waals surface area contributed by atoms with Crippen LogP contribution >= 0.6 is 27.5 Å². The average Bonchev–Trinajstić information content (AvgIpc) is 2.77. The molecule has 1 aliphatic rings. The maximum absolute atomic E-state index is 9.55. The number of nitrogens with zero attached hydrogens (tertiary/aromatic N) is 2. The largest absolute Gasteiger partial charge is 0.495 e. The summed E-state index contributed by atoms with van der Waals surface area (Å²) in [6.45, 7) is 0.768. The van der Waals surface area contributed by atoms with E-state index < -0.39 is 0 Å². The lowest BCUT2D eigenvalue weighted by molar-refractivity contribution is 0.254. The molecule has 1 aliphatic heterocycles. The Labute approximate surface area is 189 Å². The summed E-state index contributed by atoms with van der Waals surface area (Å²) in [7, 11) is 1.60. The number of hydrogen-bond donors (Lipinski definition) is 1. The molecule has 0 saturated carbocycles. The SMILES string of the molecule is COc1ccc(C2=Nc3ccc(Br)cc3C(c3ccccc3)N2CCCO)cc1Cl. The number of hydrogen-bond acceptors (Lipinski definition) is 4. The Balaban J connectivity index is 1.91. The third-order valence-electron chi connectivity index (χ3n) is 5.18. The van der Waals surface area contributed by atoms with Crippen molar-refractivity contribution in [3.63, 3.8) is 0 Å². The minimum absolute atomic E-state index is 0.0290. The number of ether oxygens (including phenoxy) is 1. The topological polar surface area (TPSA) is 45.1 Å². The summed E-state index contributed by atoms with van der Waals surface area (Å²) in [5, 5.41) is 10.1. The van der Waals surface area contributed by atoms with Gasteiger partial charge in [-0.2, -0.15) is 0 Å². The van der Waals surface area contributed by atoms with Crippen LogP contribution in [0.1, 0.15) is 29.2 Å². The molecule has 0 fully saturated rings. The first-order chi connectivity index (χ1) is 14.6. The van der Waals surface area contributed by atoms with E-state index in [2.05, 4.69) is 39.0 Å². The van der Waals surface area contributed by atoms with Gasteiger partial charge in [0.05, 0.1) is 23.9 Å². The fourth-order valence-electron chi connectivity index (χ4n) is 3.82. The van der Waals surface area contributed by atoms with Gasteiger partial charge in [0.15, 0.2) is 0 Å². The van der Waals surface area contributed by atoms with Crippen molar-refractivity contribution in [3.8, 4) is 5.75 Å². The van der Waals surface area contributed by atoms with Gasteiger partial charge in [-0.15, -0.1) is 0 Å². The van der Waals surface area contributed by atoms with Crippen LogP contribution in [0.15, 0.2) is 76.2 Å². The molecule has 1 heterocycles. The van der Waals surface area contributed by atoms with E-state index in [0.29, 0.717) is 23.7 Å². The van der Waals surface area contributed by atoms with Gasteiger partial charge in [0.25, 0.3) is 0 Å². The van der Waals surface area contributed by atoms with E-state index in [9.17, 15) is 5.11 Å². The third kappa shape index (κ3) is 4.10. The predicted molar refractivity (Wildman–Crippen MR) is 125 cm³/mol. The van der Waals surface area contributed by atoms with Crippen molar-refractivity contribution < 1.29 is 9.84 Å². The summed E-state index contributed by atoms with van der Waals surface area (Å²) < 4.78 is 6.32. The molecule has 4 nitrogen and oxygen atoms in total. The lowest BCUT2D eigenvalue weighted by Crippen LogP contribution is -2.39. The monoisotopic (exact) mass is 484 g/mol. The van der Waals surface area contributed by atoms with Crippen LogP contribution in [0.4, 0.5) is 5.69 Å². The molecule has 0 bridgehead atoms. The highest BCUT2D eigenvalue weighted by Crippen LogP contribution is 2.42. The minimum Gasteiger partial charge on any atom is -0.495 e. The molecule has 1 unspecified atom stereocenters. The quantitative estimate of drug-likeness (QED) is 0.467. The van der Waals surface area contributed by atoms with Crippen LogP contribution in [0, 0.1) is 0 Å². The number of halogens is 2. The van der Waals surface area contributed by atoms with Gasteiger partial charge < -0.3 is 14.7 Å². The Morgan fingerprint density at radius 2 is 1.90 bits per heavy atom. The van der Waals surface area contributed by atoms with E-state index in [1.54, 1.807) is 7.11 Å². The summed E-state index contributed by atoms with van der Waals surface area (Å²) in [4.78, 5) is 7.25. The van der Waals surface area contributed by atoms with E-state index in [1.165, 1.54) is 5.56 Å². The normalized spacial score (nSPS) is 15.5. The number of aliphatic hydroxyl groups is 1. The Bertz CT molecular complexity index is 1070. The van der Waals surface area contributed by atoms with E-state index >= 15 is 0 Å². The van der Waals surface area contributed by atoms with Crippen LogP contribution in [0.2, 0.25) is 5.02 Å². The lowest BCUT2D eigenvalue weighted by Gasteiger charge is -2.39. The average molecular weight is 486 g/mol. The van der Waals surface area contributed by atoms with Crippen molar-refractivity contribution in [2.24, 2.45) is 4.99 Å². The van der Waals surface area contributed by atoms with Gasteiger partial charge in [0.1, 0.15) is 11.6 Å². The number of aliphatic hydroxyl groups excluding tert-OH is 1. The number of methoxy groups -OCH3 is 1. The zero-order valence-electron chi connectivity index (χ0n) is 16.6. The highest BCUT2D eigenvalue weighted by Gasteiger charge is 2.32. The Morgan fingerprint density at radius 1 is 1.10 bits per heavy atom. The van der Waals surface area contributed by atoms with Crippen LogP contribution in [-0.2, 0) is 0 Å². The van der Waals surface area contributed by atoms with Gasteiger partial charge in [0, 0.05) is 28.8 Å². The molecule has 0 radical (unpaired) electrons. The molecule has 154 valence electrons. The Kier molecular flexibility index (Phi) is 6.42. The predicted octanol–water partition coefficient (Wildman–Crippen LogP) is 5.98. The summed E-state index contributed by atoms with van der Waals surface area (Å²) >= 11 is 10.0. The molecule has 0 spiro atoms. The maximum Gasteiger partial charge on any atom is 0.137 e. The first-order valence-electron chi connectivity index (χ1n) is 9.77. The van der Waals surface area contributed by atoms with Crippen molar-refractivity contribution in [1.82, 2.24) is 4.90 Å². The molecule has 1 atom stereocenters. The van der Waals surface area contributed by atoms with Gasteiger partial charge in [-0.25, -0.2) is 4.99 Å². The zero-order valence-corrected chi connectivity index (χ0v) is 18.9. The number of benzene rings is 3.